The first-order valence-corrected chi connectivity index (χ1v) is 4.18. The Morgan fingerprint density at radius 2 is 2.17 bits per heavy atom. The Balaban J connectivity index is 2.96. The predicted octanol–water partition coefficient (Wildman–Crippen LogP) is 3.56. The van der Waals surface area contributed by atoms with E-state index in [0.717, 1.165) is 17.0 Å². The molecule has 0 unspecified atom stereocenters. The van der Waals surface area contributed by atoms with Crippen LogP contribution in [0.2, 0.25) is 5.02 Å². The largest absolute Gasteiger partial charge is 0.250 e. The molecule has 0 spiro atoms. The lowest BCUT2D eigenvalue weighted by Crippen LogP contribution is -1.96. The van der Waals surface area contributed by atoms with Gasteiger partial charge in [-0.1, -0.05) is 30.7 Å². The highest BCUT2D eigenvalue weighted by molar-refractivity contribution is 6.31. The Hall–Kier alpha value is -0.560. The van der Waals surface area contributed by atoms with Crippen molar-refractivity contribution in [3.8, 4) is 0 Å². The van der Waals surface area contributed by atoms with Crippen molar-refractivity contribution in [3.63, 3.8) is 0 Å². The second-order valence-electron chi connectivity index (χ2n) is 2.88. The smallest absolute Gasteiger partial charge is 0.0997 e. The first-order chi connectivity index (χ1) is 5.65. The summed E-state index contributed by atoms with van der Waals surface area (Å²) >= 11 is 5.88. The zero-order valence-corrected chi connectivity index (χ0v) is 7.95. The van der Waals surface area contributed by atoms with Gasteiger partial charge in [0.2, 0.25) is 0 Å². The number of hydrogen-bond acceptors (Lipinski definition) is 0. The monoisotopic (exact) mass is 185 g/mol. The van der Waals surface area contributed by atoms with Crippen molar-refractivity contribution in [2.24, 2.45) is 0 Å². The molecular weight excluding hydrogens is 175 g/mol. The van der Waals surface area contributed by atoms with Crippen LogP contribution in [-0.4, -0.2) is 6.67 Å². The molecule has 0 aliphatic heterocycles. The van der Waals surface area contributed by atoms with Crippen LogP contribution in [0.5, 0.6) is 0 Å². The van der Waals surface area contributed by atoms with Gasteiger partial charge < -0.3 is 0 Å². The van der Waals surface area contributed by atoms with E-state index in [0.29, 0.717) is 5.02 Å². The van der Waals surface area contributed by atoms with E-state index in [1.165, 1.54) is 0 Å². The molecule has 1 rings (SSSR count). The number of hydrogen-bond donors (Lipinski definition) is 0. The van der Waals surface area contributed by atoms with Crippen molar-refractivity contribution >= 4 is 11.6 Å². The highest BCUT2D eigenvalue weighted by Gasteiger charge is 2.06. The van der Waals surface area contributed by atoms with Gasteiger partial charge in [0.1, 0.15) is 0 Å². The molecule has 0 bridgehead atoms. The number of halogens is 2. The molecule has 0 N–H and O–H groups in total. The summed E-state index contributed by atoms with van der Waals surface area (Å²) in [5.74, 6) is 0.719. The maximum atomic E-state index is 12.2. The molecule has 65 valence electrons. The Morgan fingerprint density at radius 3 is 2.67 bits per heavy atom. The second-order valence-corrected chi connectivity index (χ2v) is 3.29. The Morgan fingerprint density at radius 1 is 1.50 bits per heavy atom. The van der Waals surface area contributed by atoms with E-state index in [-0.39, 0.29) is 0 Å². The summed E-state index contributed by atoms with van der Waals surface area (Å²) in [6.45, 7) is 3.28. The third kappa shape index (κ3) is 1.98. The first-order valence-electron chi connectivity index (χ1n) is 3.80. The molecule has 1 aromatic carbocycles. The number of aryl methyl sites for hydroxylation is 1. The minimum atomic E-state index is -0.417. The van der Waals surface area contributed by atoms with Crippen molar-refractivity contribution in [3.05, 3.63) is 40.3 Å². The summed E-state index contributed by atoms with van der Waals surface area (Å²) in [4.78, 5) is 0. The van der Waals surface area contributed by atoms with Crippen LogP contribution >= 0.6 is 11.6 Å². The van der Waals surface area contributed by atoms with Crippen LogP contribution in [0.3, 0.4) is 0 Å². The van der Waals surface area contributed by atoms with Gasteiger partial charge in [-0.25, -0.2) is 0 Å². The van der Waals surface area contributed by atoms with E-state index in [1.807, 2.05) is 19.1 Å². The quantitative estimate of drug-likeness (QED) is 0.661. The van der Waals surface area contributed by atoms with Crippen molar-refractivity contribution in [2.45, 2.75) is 13.8 Å². The van der Waals surface area contributed by atoms with E-state index in [9.17, 15) is 4.39 Å². The standard InChI is InChI=1S/C10H11ClF/c1-7-3-4-9(5-10(7)11)8(2)6-12/h3-5H,6H2,1-2H3. The van der Waals surface area contributed by atoms with Crippen molar-refractivity contribution in [1.29, 1.82) is 0 Å². The number of alkyl halides is 1. The molecule has 1 radical (unpaired) electrons. The van der Waals surface area contributed by atoms with E-state index in [1.54, 1.807) is 13.0 Å². The normalized spacial score (nSPS) is 10.8. The molecule has 0 aliphatic rings. The summed E-state index contributed by atoms with van der Waals surface area (Å²) in [7, 11) is 0. The van der Waals surface area contributed by atoms with Crippen LogP contribution in [-0.2, 0) is 0 Å². The highest BCUT2D eigenvalue weighted by atomic mass is 35.5. The second kappa shape index (κ2) is 3.90. The van der Waals surface area contributed by atoms with Gasteiger partial charge in [-0.3, -0.25) is 4.39 Å². The average molecular weight is 186 g/mol. The Bertz CT molecular complexity index is 271. The van der Waals surface area contributed by atoms with Crippen molar-refractivity contribution < 1.29 is 4.39 Å². The van der Waals surface area contributed by atoms with Crippen LogP contribution in [0.15, 0.2) is 18.2 Å². The third-order valence-corrected chi connectivity index (χ3v) is 2.27. The summed E-state index contributed by atoms with van der Waals surface area (Å²) in [5, 5.41) is 0.695. The van der Waals surface area contributed by atoms with Gasteiger partial charge in [0.25, 0.3) is 0 Å². The summed E-state index contributed by atoms with van der Waals surface area (Å²) in [6.07, 6.45) is 0. The van der Waals surface area contributed by atoms with Gasteiger partial charge in [-0.15, -0.1) is 0 Å². The lowest BCUT2D eigenvalue weighted by molar-refractivity contribution is 0.516. The highest BCUT2D eigenvalue weighted by Crippen LogP contribution is 2.21. The lowest BCUT2D eigenvalue weighted by atomic mass is 10.0. The fourth-order valence-electron chi connectivity index (χ4n) is 0.935. The topological polar surface area (TPSA) is 0 Å². The molecule has 0 heterocycles. The molecule has 0 aliphatic carbocycles. The maximum absolute atomic E-state index is 12.2. The molecule has 0 saturated carbocycles. The van der Waals surface area contributed by atoms with Crippen molar-refractivity contribution in [1.82, 2.24) is 0 Å². The summed E-state index contributed by atoms with van der Waals surface area (Å²) < 4.78 is 12.2. The third-order valence-electron chi connectivity index (χ3n) is 1.87. The van der Waals surface area contributed by atoms with Gasteiger partial charge in [0.05, 0.1) is 6.67 Å². The molecule has 0 fully saturated rings. The van der Waals surface area contributed by atoms with E-state index < -0.39 is 6.67 Å². The molecule has 0 amide bonds. The molecule has 0 aromatic heterocycles. The van der Waals surface area contributed by atoms with E-state index >= 15 is 0 Å². The van der Waals surface area contributed by atoms with Gasteiger partial charge in [-0.2, -0.15) is 0 Å². The molecule has 2 heteroatoms. The predicted molar refractivity (Wildman–Crippen MR) is 50.2 cm³/mol. The zero-order valence-electron chi connectivity index (χ0n) is 7.20. The van der Waals surface area contributed by atoms with Gasteiger partial charge in [0, 0.05) is 10.9 Å². The molecule has 0 saturated heterocycles. The van der Waals surface area contributed by atoms with Crippen molar-refractivity contribution in [2.75, 3.05) is 6.67 Å². The number of benzene rings is 1. The van der Waals surface area contributed by atoms with Crippen LogP contribution in [0.1, 0.15) is 18.1 Å². The molecule has 0 nitrogen and oxygen atoms in total. The van der Waals surface area contributed by atoms with E-state index in [2.05, 4.69) is 0 Å². The molecular formula is C10H11ClF. The summed E-state index contributed by atoms with van der Waals surface area (Å²) in [5.41, 5.74) is 1.90. The fourth-order valence-corrected chi connectivity index (χ4v) is 1.12. The SMILES string of the molecule is C[C](CF)c1ccc(C)c(Cl)c1. The average Bonchev–Trinajstić information content (AvgIpc) is 2.08. The van der Waals surface area contributed by atoms with Gasteiger partial charge >= 0.3 is 0 Å². The zero-order chi connectivity index (χ0) is 9.14. The van der Waals surface area contributed by atoms with Gasteiger partial charge in [-0.05, 0) is 24.1 Å². The molecule has 1 aromatic rings. The van der Waals surface area contributed by atoms with Crippen LogP contribution in [0, 0.1) is 12.8 Å². The molecule has 0 atom stereocenters. The number of rotatable bonds is 2. The first kappa shape index (κ1) is 9.53. The van der Waals surface area contributed by atoms with Crippen LogP contribution in [0.25, 0.3) is 0 Å². The van der Waals surface area contributed by atoms with Gasteiger partial charge in [0.15, 0.2) is 0 Å². The minimum Gasteiger partial charge on any atom is -0.250 e. The lowest BCUT2D eigenvalue weighted by Gasteiger charge is -2.07. The Labute approximate surface area is 77.4 Å². The Kier molecular flexibility index (Phi) is 3.10. The van der Waals surface area contributed by atoms with Crippen LogP contribution in [0.4, 0.5) is 4.39 Å². The maximum Gasteiger partial charge on any atom is 0.0997 e. The fraction of sp³-hybridized carbons (Fsp3) is 0.300. The minimum absolute atomic E-state index is 0.417. The van der Waals surface area contributed by atoms with E-state index in [4.69, 9.17) is 11.6 Å². The molecule has 12 heavy (non-hydrogen) atoms. The van der Waals surface area contributed by atoms with Crippen LogP contribution < -0.4 is 0 Å². The summed E-state index contributed by atoms with van der Waals surface area (Å²) in [6, 6.07) is 5.58.